The van der Waals surface area contributed by atoms with Gasteiger partial charge in [-0.2, -0.15) is 0 Å². The monoisotopic (exact) mass is 351 g/mol. The number of fused-ring (bicyclic) bond motifs is 1. The van der Waals surface area contributed by atoms with Crippen molar-refractivity contribution in [2.45, 2.75) is 33.0 Å². The normalized spacial score (nSPS) is 11.3. The van der Waals surface area contributed by atoms with Crippen molar-refractivity contribution in [3.63, 3.8) is 0 Å². The molecule has 0 atom stereocenters. The van der Waals surface area contributed by atoms with Crippen LogP contribution < -0.4 is 0 Å². The highest BCUT2D eigenvalue weighted by atomic mass is 16.6. The highest BCUT2D eigenvalue weighted by Crippen LogP contribution is 2.20. The topological polar surface area (TPSA) is 57.5 Å². The van der Waals surface area contributed by atoms with E-state index < -0.39 is 17.7 Å². The van der Waals surface area contributed by atoms with E-state index in [0.29, 0.717) is 11.1 Å². The molecule has 0 unspecified atom stereocenters. The summed E-state index contributed by atoms with van der Waals surface area (Å²) in [6.45, 7) is 5.62. The zero-order chi connectivity index (χ0) is 18.7. The summed E-state index contributed by atoms with van der Waals surface area (Å²) in [6, 6.07) is 16.4. The number of hydrogen-bond acceptors (Lipinski definition) is 4. The second-order valence-corrected chi connectivity index (χ2v) is 7.00. The number of ether oxygens (including phenoxy) is 2. The first-order chi connectivity index (χ1) is 12.3. The van der Waals surface area contributed by atoms with Gasteiger partial charge in [0.15, 0.2) is 0 Å². The Bertz CT molecular complexity index is 936. The lowest BCUT2D eigenvalue weighted by atomic mass is 10.1. The predicted molar refractivity (Wildman–Crippen MR) is 99.1 cm³/mol. The smallest absolute Gasteiger partial charge is 0.418 e. The Kier molecular flexibility index (Phi) is 4.80. The Labute approximate surface area is 152 Å². The van der Waals surface area contributed by atoms with Crippen LogP contribution >= 0.6 is 0 Å². The van der Waals surface area contributed by atoms with Crippen LogP contribution in [0.3, 0.4) is 0 Å². The predicted octanol–water partition coefficient (Wildman–Crippen LogP) is 4.78. The third kappa shape index (κ3) is 4.11. The van der Waals surface area contributed by atoms with Gasteiger partial charge in [0.05, 0.1) is 11.1 Å². The molecule has 0 amide bonds. The van der Waals surface area contributed by atoms with Crippen LogP contribution in [-0.2, 0) is 16.1 Å². The Morgan fingerprint density at radius 1 is 1.00 bits per heavy atom. The molecule has 26 heavy (non-hydrogen) atoms. The maximum atomic E-state index is 12.4. The molecule has 3 aromatic rings. The van der Waals surface area contributed by atoms with Crippen LogP contribution in [0.2, 0.25) is 0 Å². The molecule has 0 bridgehead atoms. The molecule has 5 heteroatoms. The van der Waals surface area contributed by atoms with E-state index in [-0.39, 0.29) is 6.61 Å². The van der Waals surface area contributed by atoms with Crippen molar-refractivity contribution in [2.24, 2.45) is 0 Å². The fraction of sp³-hybridized carbons (Fsp3) is 0.238. The van der Waals surface area contributed by atoms with Gasteiger partial charge in [-0.05, 0) is 44.5 Å². The largest absolute Gasteiger partial charge is 0.457 e. The van der Waals surface area contributed by atoms with Crippen LogP contribution in [0, 0.1) is 0 Å². The lowest BCUT2D eigenvalue weighted by Gasteiger charge is -2.19. The SMILES string of the molecule is CC(C)(C)OC(=O)n1ccc2ccc(C(=O)OCc3ccccc3)cc21. The molecule has 0 aliphatic rings. The maximum absolute atomic E-state index is 12.4. The minimum atomic E-state index is -0.597. The van der Waals surface area contributed by atoms with Crippen LogP contribution in [0.5, 0.6) is 0 Å². The molecule has 1 aromatic heterocycles. The number of esters is 1. The Balaban J connectivity index is 1.80. The molecule has 2 aromatic carbocycles. The van der Waals surface area contributed by atoms with Gasteiger partial charge in [0.25, 0.3) is 0 Å². The van der Waals surface area contributed by atoms with E-state index in [1.54, 1.807) is 30.5 Å². The molecule has 0 N–H and O–H groups in total. The van der Waals surface area contributed by atoms with Crippen molar-refractivity contribution in [3.05, 3.63) is 71.9 Å². The van der Waals surface area contributed by atoms with Gasteiger partial charge in [0.2, 0.25) is 0 Å². The van der Waals surface area contributed by atoms with Crippen LogP contribution in [0.4, 0.5) is 4.79 Å². The van der Waals surface area contributed by atoms with Crippen molar-refractivity contribution in [3.8, 4) is 0 Å². The summed E-state index contributed by atoms with van der Waals surface area (Å²) in [5.41, 5.74) is 1.31. The second kappa shape index (κ2) is 7.04. The summed E-state index contributed by atoms with van der Waals surface area (Å²) in [7, 11) is 0. The van der Waals surface area contributed by atoms with Crippen LogP contribution in [0.1, 0.15) is 36.7 Å². The number of carbonyl (C=O) groups is 2. The minimum Gasteiger partial charge on any atom is -0.457 e. The Hall–Kier alpha value is -3.08. The highest BCUT2D eigenvalue weighted by molar-refractivity contribution is 5.97. The highest BCUT2D eigenvalue weighted by Gasteiger charge is 2.19. The van der Waals surface area contributed by atoms with Gasteiger partial charge >= 0.3 is 12.1 Å². The lowest BCUT2D eigenvalue weighted by molar-refractivity contribution is 0.0470. The van der Waals surface area contributed by atoms with Crippen molar-refractivity contribution < 1.29 is 19.1 Å². The first-order valence-corrected chi connectivity index (χ1v) is 8.39. The quantitative estimate of drug-likeness (QED) is 0.637. The third-order valence-corrected chi connectivity index (χ3v) is 3.73. The average molecular weight is 351 g/mol. The fourth-order valence-corrected chi connectivity index (χ4v) is 2.53. The number of benzene rings is 2. The second-order valence-electron chi connectivity index (χ2n) is 7.00. The van der Waals surface area contributed by atoms with Gasteiger partial charge in [-0.3, -0.25) is 4.57 Å². The van der Waals surface area contributed by atoms with E-state index >= 15 is 0 Å². The maximum Gasteiger partial charge on any atom is 0.418 e. The zero-order valence-electron chi connectivity index (χ0n) is 15.1. The molecule has 0 spiro atoms. The van der Waals surface area contributed by atoms with E-state index in [1.807, 2.05) is 51.1 Å². The van der Waals surface area contributed by atoms with Gasteiger partial charge in [-0.1, -0.05) is 36.4 Å². The molecule has 0 radical (unpaired) electrons. The number of nitrogens with zero attached hydrogens (tertiary/aromatic N) is 1. The van der Waals surface area contributed by atoms with Crippen molar-refractivity contribution >= 4 is 23.0 Å². The average Bonchev–Trinajstić information content (AvgIpc) is 3.02. The van der Waals surface area contributed by atoms with E-state index in [2.05, 4.69) is 0 Å². The molecule has 3 rings (SSSR count). The molecular weight excluding hydrogens is 330 g/mol. The molecule has 0 aliphatic carbocycles. The minimum absolute atomic E-state index is 0.199. The Morgan fingerprint density at radius 3 is 2.42 bits per heavy atom. The third-order valence-electron chi connectivity index (χ3n) is 3.73. The number of carbonyl (C=O) groups excluding carboxylic acids is 2. The van der Waals surface area contributed by atoms with E-state index in [9.17, 15) is 9.59 Å². The molecule has 5 nitrogen and oxygen atoms in total. The number of hydrogen-bond donors (Lipinski definition) is 0. The van der Waals surface area contributed by atoms with Gasteiger partial charge in [0.1, 0.15) is 12.2 Å². The Morgan fingerprint density at radius 2 is 1.73 bits per heavy atom. The molecular formula is C21H21NO4. The summed E-state index contributed by atoms with van der Waals surface area (Å²) >= 11 is 0. The molecule has 134 valence electrons. The summed E-state index contributed by atoms with van der Waals surface area (Å²) in [5.74, 6) is -0.437. The van der Waals surface area contributed by atoms with Crippen molar-refractivity contribution in [1.29, 1.82) is 0 Å². The van der Waals surface area contributed by atoms with Gasteiger partial charge in [0, 0.05) is 11.6 Å². The lowest BCUT2D eigenvalue weighted by Crippen LogP contribution is -2.26. The number of aromatic nitrogens is 1. The van der Waals surface area contributed by atoms with Gasteiger partial charge < -0.3 is 9.47 Å². The molecule has 1 heterocycles. The summed E-state index contributed by atoms with van der Waals surface area (Å²) in [4.78, 5) is 24.7. The van der Waals surface area contributed by atoms with Crippen LogP contribution in [0.15, 0.2) is 60.8 Å². The zero-order valence-corrected chi connectivity index (χ0v) is 15.1. The molecule has 0 saturated heterocycles. The van der Waals surface area contributed by atoms with E-state index in [1.165, 1.54) is 4.57 Å². The van der Waals surface area contributed by atoms with E-state index in [4.69, 9.17) is 9.47 Å². The van der Waals surface area contributed by atoms with E-state index in [0.717, 1.165) is 10.9 Å². The fourth-order valence-electron chi connectivity index (χ4n) is 2.53. The first kappa shape index (κ1) is 17.7. The van der Waals surface area contributed by atoms with Crippen LogP contribution in [-0.4, -0.2) is 22.2 Å². The molecule has 0 aliphatic heterocycles. The van der Waals surface area contributed by atoms with Gasteiger partial charge in [-0.25, -0.2) is 9.59 Å². The summed E-state index contributed by atoms with van der Waals surface area (Å²) in [6.07, 6.45) is 1.15. The number of rotatable bonds is 3. The first-order valence-electron chi connectivity index (χ1n) is 8.39. The van der Waals surface area contributed by atoms with Crippen molar-refractivity contribution in [2.75, 3.05) is 0 Å². The van der Waals surface area contributed by atoms with Gasteiger partial charge in [-0.15, -0.1) is 0 Å². The van der Waals surface area contributed by atoms with Crippen molar-refractivity contribution in [1.82, 2.24) is 4.57 Å². The molecule has 0 fully saturated rings. The summed E-state index contributed by atoms with van der Waals surface area (Å²) < 4.78 is 12.2. The summed E-state index contributed by atoms with van der Waals surface area (Å²) in [5, 5.41) is 0.843. The molecule has 0 saturated carbocycles. The standard InChI is InChI=1S/C21H21NO4/c1-21(2,3)26-20(24)22-12-11-16-9-10-17(13-18(16)22)19(23)25-14-15-7-5-4-6-8-15/h4-13H,14H2,1-3H3. The van der Waals surface area contributed by atoms with Crippen LogP contribution in [0.25, 0.3) is 10.9 Å².